The maximum absolute atomic E-state index is 12.9. The molecule has 0 aromatic heterocycles. The smallest absolute Gasteiger partial charge is 0.389 e. The van der Waals surface area contributed by atoms with Crippen molar-refractivity contribution in [3.05, 3.63) is 29.8 Å². The highest BCUT2D eigenvalue weighted by Crippen LogP contribution is 2.52. The molecule has 9 nitrogen and oxygen atoms in total. The first-order valence-corrected chi connectivity index (χ1v) is 9.34. The van der Waals surface area contributed by atoms with Crippen LogP contribution in [0.5, 0.6) is 5.75 Å². The van der Waals surface area contributed by atoms with E-state index in [0.29, 0.717) is 5.75 Å². The van der Waals surface area contributed by atoms with Crippen molar-refractivity contribution in [3.8, 4) is 5.75 Å². The van der Waals surface area contributed by atoms with Gasteiger partial charge in [0.25, 0.3) is 11.4 Å². The van der Waals surface area contributed by atoms with Gasteiger partial charge in [0.05, 0.1) is 24.9 Å². The lowest BCUT2D eigenvalue weighted by atomic mass is 10.2. The third-order valence-corrected chi connectivity index (χ3v) is 4.94. The standard InChI is InChI=1S/C16H23N2O7P/c1-10(2)24-26(21,25-11(3)4)15(14(17)19)18-23-16(20)12-6-8-13(22-5)9-7-12/h6-11H,1-5H3,(H2,17,19)/b18-15+. The lowest BCUT2D eigenvalue weighted by Crippen LogP contribution is -2.27. The molecule has 10 heteroatoms. The Bertz CT molecular complexity index is 700. The summed E-state index contributed by atoms with van der Waals surface area (Å²) in [5.74, 6) is -1.52. The van der Waals surface area contributed by atoms with Gasteiger partial charge < -0.3 is 24.4 Å². The number of amides is 1. The van der Waals surface area contributed by atoms with Crippen molar-refractivity contribution in [2.45, 2.75) is 39.9 Å². The molecule has 0 radical (unpaired) electrons. The van der Waals surface area contributed by atoms with Crippen molar-refractivity contribution in [2.75, 3.05) is 7.11 Å². The molecule has 0 aliphatic carbocycles. The largest absolute Gasteiger partial charge is 0.497 e. The molecule has 0 heterocycles. The number of methoxy groups -OCH3 is 1. The normalized spacial score (nSPS) is 12.3. The van der Waals surface area contributed by atoms with Crippen molar-refractivity contribution in [1.29, 1.82) is 0 Å². The number of primary amides is 1. The van der Waals surface area contributed by atoms with Crippen LogP contribution in [0.3, 0.4) is 0 Å². The number of hydrogen-bond acceptors (Lipinski definition) is 8. The Morgan fingerprint density at radius 3 is 1.92 bits per heavy atom. The molecular weight excluding hydrogens is 363 g/mol. The van der Waals surface area contributed by atoms with Crippen LogP contribution in [0.15, 0.2) is 29.4 Å². The van der Waals surface area contributed by atoms with Crippen LogP contribution in [-0.4, -0.2) is 36.6 Å². The minimum Gasteiger partial charge on any atom is -0.497 e. The molecule has 1 rings (SSSR count). The van der Waals surface area contributed by atoms with Gasteiger partial charge in [-0.3, -0.25) is 9.36 Å². The van der Waals surface area contributed by atoms with Gasteiger partial charge in [0.2, 0.25) is 0 Å². The molecule has 0 aliphatic rings. The highest BCUT2D eigenvalue weighted by atomic mass is 31.2. The summed E-state index contributed by atoms with van der Waals surface area (Å²) in [5, 5.41) is 3.37. The number of ether oxygens (including phenoxy) is 1. The molecule has 2 N–H and O–H groups in total. The zero-order chi connectivity index (χ0) is 19.9. The first-order valence-electron chi connectivity index (χ1n) is 7.79. The fraction of sp³-hybridized carbons (Fsp3) is 0.438. The molecule has 1 aromatic carbocycles. The third kappa shape index (κ3) is 6.25. The minimum atomic E-state index is -4.18. The summed E-state index contributed by atoms with van der Waals surface area (Å²) in [5.41, 5.74) is 4.58. The zero-order valence-corrected chi connectivity index (χ0v) is 16.2. The summed E-state index contributed by atoms with van der Waals surface area (Å²) in [7, 11) is -2.70. The molecule has 1 aromatic rings. The van der Waals surface area contributed by atoms with E-state index in [-0.39, 0.29) is 5.56 Å². The maximum atomic E-state index is 12.9. The van der Waals surface area contributed by atoms with Crippen LogP contribution in [0.1, 0.15) is 38.1 Å². The first-order chi connectivity index (χ1) is 12.1. The molecule has 0 spiro atoms. The van der Waals surface area contributed by atoms with Gasteiger partial charge in [-0.15, -0.1) is 0 Å². The molecule has 0 unspecified atom stereocenters. The van der Waals surface area contributed by atoms with Gasteiger partial charge in [-0.25, -0.2) is 4.79 Å². The number of nitrogens with zero attached hydrogens (tertiary/aromatic N) is 1. The Kier molecular flexibility index (Phi) is 7.95. The van der Waals surface area contributed by atoms with Gasteiger partial charge in [-0.2, -0.15) is 0 Å². The number of benzene rings is 1. The average molecular weight is 386 g/mol. The quantitative estimate of drug-likeness (QED) is 0.299. The molecule has 1 amide bonds. The van der Waals surface area contributed by atoms with Gasteiger partial charge in [-0.1, -0.05) is 5.16 Å². The van der Waals surface area contributed by atoms with E-state index in [1.54, 1.807) is 39.8 Å². The molecule has 0 bridgehead atoms. The van der Waals surface area contributed by atoms with Crippen molar-refractivity contribution in [1.82, 2.24) is 0 Å². The number of hydrogen-bond donors (Lipinski definition) is 1. The first kappa shape index (κ1) is 21.8. The highest BCUT2D eigenvalue weighted by molar-refractivity contribution is 7.75. The van der Waals surface area contributed by atoms with E-state index in [4.69, 9.17) is 24.4 Å². The number of nitrogens with two attached hydrogens (primary N) is 1. The van der Waals surface area contributed by atoms with Crippen LogP contribution in [-0.2, 0) is 23.2 Å². The Balaban J connectivity index is 3.10. The molecule has 144 valence electrons. The van der Waals surface area contributed by atoms with Gasteiger partial charge in [0.15, 0.2) is 0 Å². The maximum Gasteiger partial charge on any atom is 0.389 e. The Morgan fingerprint density at radius 1 is 1.04 bits per heavy atom. The van der Waals surface area contributed by atoms with Crippen LogP contribution in [0.25, 0.3) is 0 Å². The van der Waals surface area contributed by atoms with Crippen molar-refractivity contribution in [3.63, 3.8) is 0 Å². The summed E-state index contributed by atoms with van der Waals surface area (Å²) >= 11 is 0. The van der Waals surface area contributed by atoms with E-state index >= 15 is 0 Å². The minimum absolute atomic E-state index is 0.141. The molecule has 26 heavy (non-hydrogen) atoms. The molecule has 0 aliphatic heterocycles. The van der Waals surface area contributed by atoms with E-state index in [1.807, 2.05) is 0 Å². The summed E-state index contributed by atoms with van der Waals surface area (Å²) in [6.07, 6.45) is -1.11. The predicted octanol–water partition coefficient (Wildman–Crippen LogP) is 2.69. The molecule has 0 saturated heterocycles. The Hall–Kier alpha value is -2.22. The number of oxime groups is 1. The number of carbonyl (C=O) groups is 2. The van der Waals surface area contributed by atoms with E-state index in [2.05, 4.69) is 5.16 Å². The summed E-state index contributed by atoms with van der Waals surface area (Å²) in [6.45, 7) is 6.38. The fourth-order valence-electron chi connectivity index (χ4n) is 1.77. The van der Waals surface area contributed by atoms with E-state index in [0.717, 1.165) is 0 Å². The summed E-state index contributed by atoms with van der Waals surface area (Å²) < 4.78 is 28.4. The van der Waals surface area contributed by atoms with Gasteiger partial charge in [0.1, 0.15) is 5.75 Å². The van der Waals surface area contributed by atoms with E-state index in [1.165, 1.54) is 19.2 Å². The van der Waals surface area contributed by atoms with Gasteiger partial charge in [0, 0.05) is 0 Å². The zero-order valence-electron chi connectivity index (χ0n) is 15.3. The predicted molar refractivity (Wildman–Crippen MR) is 95.1 cm³/mol. The van der Waals surface area contributed by atoms with E-state index < -0.39 is 37.1 Å². The van der Waals surface area contributed by atoms with Gasteiger partial charge in [-0.05, 0) is 52.0 Å². The fourth-order valence-corrected chi connectivity index (χ4v) is 3.54. The third-order valence-electron chi connectivity index (χ3n) is 2.72. The SMILES string of the molecule is COc1ccc(C(=O)O/N=C(\C(N)=O)P(=O)(OC(C)C)OC(C)C)cc1. The van der Waals surface area contributed by atoms with Crippen molar-refractivity contribution >= 4 is 24.9 Å². The second-order valence-corrected chi connectivity index (χ2v) is 7.53. The lowest BCUT2D eigenvalue weighted by Gasteiger charge is -2.21. The lowest BCUT2D eigenvalue weighted by molar-refractivity contribution is -0.111. The topological polar surface area (TPSA) is 127 Å². The number of carbonyl (C=O) groups excluding carboxylic acids is 2. The Labute approximate surface area is 152 Å². The van der Waals surface area contributed by atoms with Crippen LogP contribution in [0.2, 0.25) is 0 Å². The number of rotatable bonds is 9. The monoisotopic (exact) mass is 386 g/mol. The van der Waals surface area contributed by atoms with Gasteiger partial charge >= 0.3 is 13.6 Å². The summed E-state index contributed by atoms with van der Waals surface area (Å²) in [4.78, 5) is 28.5. The second-order valence-electron chi connectivity index (χ2n) is 5.69. The van der Waals surface area contributed by atoms with Crippen LogP contribution < -0.4 is 10.5 Å². The second kappa shape index (κ2) is 9.47. The summed E-state index contributed by atoms with van der Waals surface area (Å²) in [6, 6.07) is 5.97. The Morgan fingerprint density at radius 2 is 1.54 bits per heavy atom. The van der Waals surface area contributed by atoms with Crippen LogP contribution in [0.4, 0.5) is 0 Å². The molecule has 0 fully saturated rings. The van der Waals surface area contributed by atoms with Crippen LogP contribution in [0, 0.1) is 0 Å². The molecule has 0 atom stereocenters. The molecular formula is C16H23N2O7P. The van der Waals surface area contributed by atoms with Crippen LogP contribution >= 0.6 is 7.60 Å². The highest BCUT2D eigenvalue weighted by Gasteiger charge is 2.39. The molecule has 0 saturated carbocycles. The van der Waals surface area contributed by atoms with E-state index in [9.17, 15) is 14.2 Å². The average Bonchev–Trinajstić information content (AvgIpc) is 2.52. The van der Waals surface area contributed by atoms with Crippen molar-refractivity contribution in [2.24, 2.45) is 10.9 Å². The van der Waals surface area contributed by atoms with Crippen molar-refractivity contribution < 1.29 is 32.8 Å².